The van der Waals surface area contributed by atoms with E-state index in [1.54, 1.807) is 50.1 Å². The molecule has 0 aliphatic heterocycles. The fourth-order valence-electron chi connectivity index (χ4n) is 3.21. The number of para-hydroxylation sites is 1. The lowest BCUT2D eigenvalue weighted by molar-refractivity contribution is 0.102. The molecular weight excluding hydrogens is 411 g/mol. The maximum Gasteiger partial charge on any atom is 0.258 e. The van der Waals surface area contributed by atoms with Crippen molar-refractivity contribution in [2.75, 3.05) is 12.4 Å². The number of hydrogen-bond donors (Lipinski definition) is 1. The van der Waals surface area contributed by atoms with Crippen molar-refractivity contribution < 1.29 is 9.53 Å². The van der Waals surface area contributed by atoms with Crippen molar-refractivity contribution >= 4 is 45.7 Å². The molecule has 4 rings (SSSR count). The number of nitrogens with zero attached hydrogens (tertiary/aromatic N) is 3. The predicted molar refractivity (Wildman–Crippen MR) is 114 cm³/mol. The highest BCUT2D eigenvalue weighted by molar-refractivity contribution is 6.40. The topological polar surface area (TPSA) is 69.0 Å². The van der Waals surface area contributed by atoms with Crippen LogP contribution < -0.4 is 5.32 Å². The Bertz CT molecular complexity index is 1170. The van der Waals surface area contributed by atoms with Crippen molar-refractivity contribution in [3.05, 3.63) is 82.5 Å². The van der Waals surface area contributed by atoms with E-state index in [1.807, 2.05) is 22.9 Å². The van der Waals surface area contributed by atoms with Crippen LogP contribution in [0.2, 0.25) is 10.0 Å². The van der Waals surface area contributed by atoms with Crippen molar-refractivity contribution in [1.29, 1.82) is 0 Å². The number of benzene rings is 2. The van der Waals surface area contributed by atoms with Crippen LogP contribution in [0.5, 0.6) is 0 Å². The first-order chi connectivity index (χ1) is 14.1. The number of carbonyl (C=O) groups excluding carboxylic acids is 1. The second-order valence-electron chi connectivity index (χ2n) is 6.29. The van der Waals surface area contributed by atoms with Gasteiger partial charge in [0.15, 0.2) is 0 Å². The van der Waals surface area contributed by atoms with Gasteiger partial charge in [-0.1, -0.05) is 41.4 Å². The number of nitrogens with one attached hydrogen (secondary N) is 1. The Hall–Kier alpha value is -2.93. The maximum atomic E-state index is 12.8. The molecule has 2 heterocycles. The van der Waals surface area contributed by atoms with Crippen LogP contribution in [0.1, 0.15) is 15.9 Å². The van der Waals surface area contributed by atoms with Crippen LogP contribution >= 0.6 is 23.2 Å². The normalized spacial score (nSPS) is 11.0. The third kappa shape index (κ3) is 3.70. The van der Waals surface area contributed by atoms with E-state index in [-0.39, 0.29) is 15.6 Å². The molecule has 6 nitrogen and oxygen atoms in total. The highest BCUT2D eigenvalue weighted by Crippen LogP contribution is 2.31. The Labute approximate surface area is 177 Å². The summed E-state index contributed by atoms with van der Waals surface area (Å²) in [5.74, 6) is -0.403. The molecule has 0 saturated carbocycles. The molecule has 146 valence electrons. The number of aromatic nitrogens is 3. The molecule has 0 atom stereocenters. The van der Waals surface area contributed by atoms with Gasteiger partial charge >= 0.3 is 0 Å². The molecule has 8 heteroatoms. The number of rotatable bonds is 5. The third-order valence-electron chi connectivity index (χ3n) is 4.45. The van der Waals surface area contributed by atoms with Crippen LogP contribution in [0, 0.1) is 0 Å². The van der Waals surface area contributed by atoms with Crippen LogP contribution in [0.4, 0.5) is 5.69 Å². The van der Waals surface area contributed by atoms with E-state index in [2.05, 4.69) is 15.3 Å². The Morgan fingerprint density at radius 3 is 2.62 bits per heavy atom. The molecule has 2 aromatic heterocycles. The summed E-state index contributed by atoms with van der Waals surface area (Å²) in [5.41, 5.74) is 3.19. The molecule has 0 spiro atoms. The lowest BCUT2D eigenvalue weighted by Gasteiger charge is -2.15. The van der Waals surface area contributed by atoms with Gasteiger partial charge in [-0.2, -0.15) is 0 Å². The summed E-state index contributed by atoms with van der Waals surface area (Å²) in [6, 6.07) is 10.5. The molecule has 1 amide bonds. The van der Waals surface area contributed by atoms with Gasteiger partial charge in [0.05, 0.1) is 45.4 Å². The van der Waals surface area contributed by atoms with E-state index in [9.17, 15) is 4.79 Å². The van der Waals surface area contributed by atoms with Crippen LogP contribution in [-0.4, -0.2) is 27.6 Å². The summed E-state index contributed by atoms with van der Waals surface area (Å²) in [6.45, 7) is 0.391. The standard InChI is InChI=1S/C21H16Cl2N4O2/c1-29-11-13-10-25-19-14(20(13)27-9-8-24-12-27)4-2-7-17(19)26-21(28)18-15(22)5-3-6-16(18)23/h2-10,12H,11H2,1H3,(H,26,28). The molecule has 0 aliphatic carbocycles. The van der Waals surface area contributed by atoms with E-state index < -0.39 is 5.91 Å². The second-order valence-corrected chi connectivity index (χ2v) is 7.10. The van der Waals surface area contributed by atoms with Crippen molar-refractivity contribution in [2.24, 2.45) is 0 Å². The largest absolute Gasteiger partial charge is 0.380 e. The zero-order valence-electron chi connectivity index (χ0n) is 15.4. The number of methoxy groups -OCH3 is 1. The molecule has 0 bridgehead atoms. The van der Waals surface area contributed by atoms with Crippen LogP contribution in [0.25, 0.3) is 16.6 Å². The zero-order chi connectivity index (χ0) is 20.4. The number of imidazole rings is 1. The molecule has 0 fully saturated rings. The van der Waals surface area contributed by atoms with Gasteiger partial charge in [-0.25, -0.2) is 4.98 Å². The van der Waals surface area contributed by atoms with Crippen molar-refractivity contribution in [2.45, 2.75) is 6.61 Å². The van der Waals surface area contributed by atoms with E-state index >= 15 is 0 Å². The molecule has 0 radical (unpaired) electrons. The molecular formula is C21H16Cl2N4O2. The van der Waals surface area contributed by atoms with E-state index in [0.717, 1.165) is 16.6 Å². The van der Waals surface area contributed by atoms with Crippen molar-refractivity contribution in [3.8, 4) is 5.69 Å². The monoisotopic (exact) mass is 426 g/mol. The van der Waals surface area contributed by atoms with Gasteiger partial charge in [0.1, 0.15) is 0 Å². The number of amides is 1. The molecule has 0 saturated heterocycles. The number of hydrogen-bond acceptors (Lipinski definition) is 4. The van der Waals surface area contributed by atoms with Gasteiger partial charge in [0.2, 0.25) is 0 Å². The number of halogens is 2. The summed E-state index contributed by atoms with van der Waals surface area (Å²) in [4.78, 5) is 21.5. The predicted octanol–water partition coefficient (Wildman–Crippen LogP) is 5.13. The van der Waals surface area contributed by atoms with Gasteiger partial charge in [-0.05, 0) is 18.2 Å². The summed E-state index contributed by atoms with van der Waals surface area (Å²) in [6.07, 6.45) is 7.00. The lowest BCUT2D eigenvalue weighted by atomic mass is 10.1. The number of anilines is 1. The third-order valence-corrected chi connectivity index (χ3v) is 5.08. The summed E-state index contributed by atoms with van der Waals surface area (Å²) in [7, 11) is 1.63. The highest BCUT2D eigenvalue weighted by Gasteiger charge is 2.18. The first kappa shape index (κ1) is 19.4. The minimum absolute atomic E-state index is 0.221. The molecule has 1 N–H and O–H groups in total. The average molecular weight is 427 g/mol. The molecule has 29 heavy (non-hydrogen) atoms. The van der Waals surface area contributed by atoms with E-state index in [1.165, 1.54) is 0 Å². The Kier molecular flexibility index (Phi) is 5.49. The fourth-order valence-corrected chi connectivity index (χ4v) is 3.78. The quantitative estimate of drug-likeness (QED) is 0.480. The minimum atomic E-state index is -0.403. The molecule has 2 aromatic carbocycles. The summed E-state index contributed by atoms with van der Waals surface area (Å²) in [5, 5.41) is 4.29. The van der Waals surface area contributed by atoms with E-state index in [0.29, 0.717) is 17.8 Å². The lowest BCUT2D eigenvalue weighted by Crippen LogP contribution is -2.14. The number of pyridine rings is 1. The van der Waals surface area contributed by atoms with E-state index in [4.69, 9.17) is 27.9 Å². The van der Waals surface area contributed by atoms with Gasteiger partial charge in [-0.3, -0.25) is 9.78 Å². The highest BCUT2D eigenvalue weighted by atomic mass is 35.5. The summed E-state index contributed by atoms with van der Waals surface area (Å²) < 4.78 is 7.22. The minimum Gasteiger partial charge on any atom is -0.380 e. The summed E-state index contributed by atoms with van der Waals surface area (Å²) >= 11 is 12.3. The smallest absolute Gasteiger partial charge is 0.258 e. The Balaban J connectivity index is 1.83. The number of fused-ring (bicyclic) bond motifs is 1. The Morgan fingerprint density at radius 2 is 1.93 bits per heavy atom. The van der Waals surface area contributed by atoms with Gasteiger partial charge in [0, 0.05) is 36.7 Å². The van der Waals surface area contributed by atoms with Gasteiger partial charge < -0.3 is 14.6 Å². The van der Waals surface area contributed by atoms with Crippen molar-refractivity contribution in [3.63, 3.8) is 0 Å². The zero-order valence-corrected chi connectivity index (χ0v) is 16.9. The Morgan fingerprint density at radius 1 is 1.17 bits per heavy atom. The van der Waals surface area contributed by atoms with Crippen LogP contribution in [0.3, 0.4) is 0 Å². The van der Waals surface area contributed by atoms with Crippen LogP contribution in [0.15, 0.2) is 61.3 Å². The molecule has 0 unspecified atom stereocenters. The van der Waals surface area contributed by atoms with Crippen LogP contribution in [-0.2, 0) is 11.3 Å². The fraction of sp³-hybridized carbons (Fsp3) is 0.0952. The number of carbonyl (C=O) groups is 1. The number of ether oxygens (including phenoxy) is 1. The second kappa shape index (κ2) is 8.21. The van der Waals surface area contributed by atoms with Gasteiger partial charge in [-0.15, -0.1) is 0 Å². The van der Waals surface area contributed by atoms with Gasteiger partial charge in [0.25, 0.3) is 5.91 Å². The molecule has 4 aromatic rings. The SMILES string of the molecule is COCc1cnc2c(NC(=O)c3c(Cl)cccc3Cl)cccc2c1-n1ccnc1. The first-order valence-electron chi connectivity index (χ1n) is 8.73. The van der Waals surface area contributed by atoms with Crippen molar-refractivity contribution in [1.82, 2.24) is 14.5 Å². The molecule has 0 aliphatic rings. The average Bonchev–Trinajstić information content (AvgIpc) is 3.22. The first-order valence-corrected chi connectivity index (χ1v) is 9.49. The maximum absolute atomic E-state index is 12.8.